The van der Waals surface area contributed by atoms with Gasteiger partial charge in [-0.3, -0.25) is 4.57 Å². The van der Waals surface area contributed by atoms with Crippen LogP contribution in [0.1, 0.15) is 5.56 Å². The van der Waals surface area contributed by atoms with Gasteiger partial charge in [0.2, 0.25) is 0 Å². The summed E-state index contributed by atoms with van der Waals surface area (Å²) in [6, 6.07) is 8.90. The second-order valence-electron chi connectivity index (χ2n) is 5.87. The highest BCUT2D eigenvalue weighted by Crippen LogP contribution is 2.31. The van der Waals surface area contributed by atoms with Crippen molar-refractivity contribution >= 4 is 11.8 Å². The van der Waals surface area contributed by atoms with Gasteiger partial charge < -0.3 is 9.47 Å². The molecule has 0 bridgehead atoms. The molecule has 0 saturated heterocycles. The number of nitrogens with zero attached hydrogens (tertiary/aromatic N) is 3. The molecule has 0 aliphatic rings. The smallest absolute Gasteiger partial charge is 0.192 e. The topological polar surface area (TPSA) is 49.2 Å². The fourth-order valence-corrected chi connectivity index (χ4v) is 3.56. The maximum absolute atomic E-state index is 13.4. The SMILES string of the molecule is C=CCn1c(SCc2cc(F)cc(F)c2)nnc1-c1cc(OC)cc(OC)c1. The predicted octanol–water partition coefficient (Wildman–Crippen LogP) is 4.72. The Morgan fingerprint density at radius 1 is 1.00 bits per heavy atom. The maximum Gasteiger partial charge on any atom is 0.192 e. The average Bonchev–Trinajstić information content (AvgIpc) is 3.08. The Bertz CT molecular complexity index is 949. The van der Waals surface area contributed by atoms with Crippen molar-refractivity contribution in [3.8, 4) is 22.9 Å². The molecular weight excluding hydrogens is 384 g/mol. The highest BCUT2D eigenvalue weighted by atomic mass is 32.2. The van der Waals surface area contributed by atoms with Crippen LogP contribution >= 0.6 is 11.8 Å². The molecule has 146 valence electrons. The van der Waals surface area contributed by atoms with Crippen molar-refractivity contribution in [2.45, 2.75) is 17.5 Å². The number of halogens is 2. The van der Waals surface area contributed by atoms with Gasteiger partial charge in [0.1, 0.15) is 23.1 Å². The van der Waals surface area contributed by atoms with Crippen LogP contribution < -0.4 is 9.47 Å². The summed E-state index contributed by atoms with van der Waals surface area (Å²) in [5.41, 5.74) is 1.30. The van der Waals surface area contributed by atoms with Gasteiger partial charge in [-0.05, 0) is 29.8 Å². The second kappa shape index (κ2) is 8.88. The molecule has 8 heteroatoms. The summed E-state index contributed by atoms with van der Waals surface area (Å²) in [6.45, 7) is 4.26. The first-order valence-corrected chi connectivity index (χ1v) is 9.38. The van der Waals surface area contributed by atoms with Gasteiger partial charge >= 0.3 is 0 Å². The molecule has 0 atom stereocenters. The van der Waals surface area contributed by atoms with Crippen molar-refractivity contribution in [1.82, 2.24) is 14.8 Å². The zero-order valence-corrected chi connectivity index (χ0v) is 16.3. The quantitative estimate of drug-likeness (QED) is 0.402. The third kappa shape index (κ3) is 4.51. The van der Waals surface area contributed by atoms with Gasteiger partial charge in [0.25, 0.3) is 0 Å². The van der Waals surface area contributed by atoms with E-state index >= 15 is 0 Å². The van der Waals surface area contributed by atoms with Crippen LogP contribution in [0.4, 0.5) is 8.78 Å². The summed E-state index contributed by atoms with van der Waals surface area (Å²) >= 11 is 1.34. The van der Waals surface area contributed by atoms with Crippen molar-refractivity contribution < 1.29 is 18.3 Å². The number of hydrogen-bond acceptors (Lipinski definition) is 5. The number of methoxy groups -OCH3 is 2. The van der Waals surface area contributed by atoms with Gasteiger partial charge in [-0.1, -0.05) is 17.8 Å². The molecule has 1 aromatic heterocycles. The molecule has 3 aromatic rings. The van der Waals surface area contributed by atoms with Crippen LogP contribution in [0.25, 0.3) is 11.4 Å². The number of thioether (sulfide) groups is 1. The number of benzene rings is 2. The van der Waals surface area contributed by atoms with Crippen molar-refractivity contribution in [2.75, 3.05) is 14.2 Å². The van der Waals surface area contributed by atoms with E-state index in [1.807, 2.05) is 16.7 Å². The minimum atomic E-state index is -0.604. The molecule has 2 aromatic carbocycles. The molecule has 1 heterocycles. The molecule has 0 N–H and O–H groups in total. The van der Waals surface area contributed by atoms with Crippen LogP contribution in [0, 0.1) is 11.6 Å². The molecule has 0 aliphatic carbocycles. The van der Waals surface area contributed by atoms with E-state index in [2.05, 4.69) is 16.8 Å². The van der Waals surface area contributed by atoms with Crippen LogP contribution in [0.2, 0.25) is 0 Å². The van der Waals surface area contributed by atoms with Gasteiger partial charge in [0, 0.05) is 30.0 Å². The maximum atomic E-state index is 13.4. The van der Waals surface area contributed by atoms with E-state index in [4.69, 9.17) is 9.47 Å². The van der Waals surface area contributed by atoms with E-state index in [9.17, 15) is 8.78 Å². The van der Waals surface area contributed by atoms with Crippen LogP contribution in [0.5, 0.6) is 11.5 Å². The van der Waals surface area contributed by atoms with Crippen molar-refractivity contribution in [1.29, 1.82) is 0 Å². The van der Waals surface area contributed by atoms with Gasteiger partial charge in [0.15, 0.2) is 11.0 Å². The standard InChI is InChI=1S/C20H19F2N3O2S/c1-4-5-25-19(14-8-17(26-2)11-18(9-14)27-3)23-24-20(25)28-12-13-6-15(21)10-16(22)7-13/h4,6-11H,1,5,12H2,2-3H3. The van der Waals surface area contributed by atoms with Crippen LogP contribution in [-0.2, 0) is 12.3 Å². The molecular formula is C20H19F2N3O2S. The lowest BCUT2D eigenvalue weighted by Gasteiger charge is -2.10. The van der Waals surface area contributed by atoms with Crippen LogP contribution in [-0.4, -0.2) is 29.0 Å². The molecule has 0 fully saturated rings. The zero-order chi connectivity index (χ0) is 20.1. The summed E-state index contributed by atoms with van der Waals surface area (Å²) in [7, 11) is 3.15. The first-order chi connectivity index (χ1) is 13.5. The predicted molar refractivity (Wildman–Crippen MR) is 105 cm³/mol. The second-order valence-corrected chi connectivity index (χ2v) is 6.82. The summed E-state index contributed by atoms with van der Waals surface area (Å²) in [4.78, 5) is 0. The molecule has 28 heavy (non-hydrogen) atoms. The molecule has 0 spiro atoms. The fourth-order valence-electron chi connectivity index (χ4n) is 2.68. The Labute approximate surface area is 166 Å². The van der Waals surface area contributed by atoms with E-state index in [1.54, 1.807) is 26.4 Å². The van der Waals surface area contributed by atoms with Crippen LogP contribution in [0.15, 0.2) is 54.2 Å². The summed E-state index contributed by atoms with van der Waals surface area (Å²) in [6.07, 6.45) is 1.73. The molecule has 0 aliphatic heterocycles. The lowest BCUT2D eigenvalue weighted by molar-refractivity contribution is 0.394. The summed E-state index contributed by atoms with van der Waals surface area (Å²) in [5, 5.41) is 9.14. The Morgan fingerprint density at radius 2 is 1.64 bits per heavy atom. The average molecular weight is 403 g/mol. The molecule has 0 unspecified atom stereocenters. The van der Waals surface area contributed by atoms with Gasteiger partial charge in [-0.15, -0.1) is 16.8 Å². The molecule has 0 amide bonds. The minimum absolute atomic E-state index is 0.353. The van der Waals surface area contributed by atoms with Gasteiger partial charge in [-0.2, -0.15) is 0 Å². The van der Waals surface area contributed by atoms with E-state index in [0.717, 1.165) is 11.6 Å². The highest BCUT2D eigenvalue weighted by Gasteiger charge is 2.16. The minimum Gasteiger partial charge on any atom is -0.497 e. The third-order valence-corrected chi connectivity index (χ3v) is 4.97. The number of allylic oxidation sites excluding steroid dienone is 1. The molecule has 0 saturated carbocycles. The van der Waals surface area contributed by atoms with Crippen LogP contribution in [0.3, 0.4) is 0 Å². The van der Waals surface area contributed by atoms with E-state index in [0.29, 0.717) is 40.3 Å². The van der Waals surface area contributed by atoms with E-state index in [-0.39, 0.29) is 0 Å². The lowest BCUT2D eigenvalue weighted by atomic mass is 10.2. The van der Waals surface area contributed by atoms with Gasteiger partial charge in [0.05, 0.1) is 14.2 Å². The highest BCUT2D eigenvalue weighted by molar-refractivity contribution is 7.98. The Balaban J connectivity index is 1.92. The summed E-state index contributed by atoms with van der Waals surface area (Å²) in [5.74, 6) is 1.02. The van der Waals surface area contributed by atoms with Crippen molar-refractivity contribution in [3.63, 3.8) is 0 Å². The van der Waals surface area contributed by atoms with E-state index in [1.165, 1.54) is 23.9 Å². The number of rotatable bonds is 8. The monoisotopic (exact) mass is 403 g/mol. The molecule has 3 rings (SSSR count). The Morgan fingerprint density at radius 3 is 2.21 bits per heavy atom. The number of aromatic nitrogens is 3. The Kier molecular flexibility index (Phi) is 6.30. The Hall–Kier alpha value is -2.87. The number of hydrogen-bond donors (Lipinski definition) is 0. The number of ether oxygens (including phenoxy) is 2. The van der Waals surface area contributed by atoms with Gasteiger partial charge in [-0.25, -0.2) is 8.78 Å². The van der Waals surface area contributed by atoms with Crippen molar-refractivity contribution in [3.05, 3.63) is 66.3 Å². The molecule has 0 radical (unpaired) electrons. The first kappa shape index (κ1) is 19.9. The first-order valence-electron chi connectivity index (χ1n) is 8.39. The van der Waals surface area contributed by atoms with Crippen molar-refractivity contribution in [2.24, 2.45) is 0 Å². The lowest BCUT2D eigenvalue weighted by Crippen LogP contribution is -2.01. The fraction of sp³-hybridized carbons (Fsp3) is 0.200. The zero-order valence-electron chi connectivity index (χ0n) is 15.5. The third-order valence-electron chi connectivity index (χ3n) is 3.93. The van der Waals surface area contributed by atoms with E-state index < -0.39 is 11.6 Å². The largest absolute Gasteiger partial charge is 0.497 e. The summed E-state index contributed by atoms with van der Waals surface area (Å²) < 4.78 is 39.3. The normalized spacial score (nSPS) is 10.7. The molecule has 5 nitrogen and oxygen atoms in total.